The van der Waals surface area contributed by atoms with Gasteiger partial charge in [0.05, 0.1) is 12.1 Å². The van der Waals surface area contributed by atoms with E-state index >= 15 is 0 Å². The Labute approximate surface area is 158 Å². The molecule has 26 heavy (non-hydrogen) atoms. The van der Waals surface area contributed by atoms with Crippen molar-refractivity contribution in [1.82, 2.24) is 10.3 Å². The van der Waals surface area contributed by atoms with Crippen molar-refractivity contribution in [3.8, 4) is 5.75 Å². The monoisotopic (exact) mass is 387 g/mol. The third kappa shape index (κ3) is 3.23. The Morgan fingerprint density at radius 2 is 2.08 bits per heavy atom. The summed E-state index contributed by atoms with van der Waals surface area (Å²) in [6.07, 6.45) is 0.0307. The lowest BCUT2D eigenvalue weighted by Gasteiger charge is -2.09. The minimum absolute atomic E-state index is 0.0307. The van der Waals surface area contributed by atoms with Crippen molar-refractivity contribution < 1.29 is 14.3 Å². The van der Waals surface area contributed by atoms with Gasteiger partial charge in [-0.25, -0.2) is 9.78 Å². The summed E-state index contributed by atoms with van der Waals surface area (Å²) in [6, 6.07) is 10.7. The molecule has 4 rings (SSSR count). The van der Waals surface area contributed by atoms with Gasteiger partial charge >= 0.3 is 12.0 Å². The molecular formula is C18H14ClN3O3S. The number of hydrogen-bond donors (Lipinski definition) is 1. The normalized spacial score (nSPS) is 13.9. The molecule has 0 saturated carbocycles. The Kier molecular flexibility index (Phi) is 4.48. The van der Waals surface area contributed by atoms with Crippen molar-refractivity contribution in [3.05, 3.63) is 52.5 Å². The van der Waals surface area contributed by atoms with E-state index in [1.165, 1.54) is 11.3 Å². The maximum absolute atomic E-state index is 12.3. The number of urea groups is 1. The molecular weight excluding hydrogens is 374 g/mol. The first-order chi connectivity index (χ1) is 12.6. The molecule has 132 valence electrons. The molecule has 6 nitrogen and oxygen atoms in total. The van der Waals surface area contributed by atoms with Gasteiger partial charge in [-0.2, -0.15) is 0 Å². The molecule has 1 aromatic heterocycles. The zero-order valence-corrected chi connectivity index (χ0v) is 15.1. The number of halogens is 1. The molecule has 8 heteroatoms. The van der Waals surface area contributed by atoms with E-state index in [-0.39, 0.29) is 12.5 Å². The lowest BCUT2D eigenvalue weighted by molar-refractivity contribution is -0.133. The number of benzene rings is 2. The Balaban J connectivity index is 1.49. The van der Waals surface area contributed by atoms with Crippen molar-refractivity contribution in [1.29, 1.82) is 0 Å². The van der Waals surface area contributed by atoms with E-state index in [0.29, 0.717) is 34.7 Å². The highest BCUT2D eigenvalue weighted by Crippen LogP contribution is 2.31. The summed E-state index contributed by atoms with van der Waals surface area (Å²) in [7, 11) is 0. The van der Waals surface area contributed by atoms with E-state index in [2.05, 4.69) is 10.3 Å². The molecule has 2 aromatic carbocycles. The predicted molar refractivity (Wildman–Crippen MR) is 101 cm³/mol. The number of nitrogens with zero attached hydrogens (tertiary/aromatic N) is 2. The van der Waals surface area contributed by atoms with Crippen molar-refractivity contribution >= 4 is 50.8 Å². The quantitative estimate of drug-likeness (QED) is 0.548. The number of thiazole rings is 1. The number of hydrogen-bond acceptors (Lipinski definition) is 5. The highest BCUT2D eigenvalue weighted by molar-refractivity contribution is 7.14. The summed E-state index contributed by atoms with van der Waals surface area (Å²) in [5.74, 6) is 0.0459. The number of carbonyl (C=O) groups excluding carboxylic acids is 2. The second kappa shape index (κ2) is 6.93. The zero-order valence-electron chi connectivity index (χ0n) is 13.6. The van der Waals surface area contributed by atoms with Crippen LogP contribution >= 0.6 is 22.9 Å². The predicted octanol–water partition coefficient (Wildman–Crippen LogP) is 3.63. The smallest absolute Gasteiger partial charge is 0.323 e. The van der Waals surface area contributed by atoms with Gasteiger partial charge in [0.15, 0.2) is 5.13 Å². The molecule has 1 fully saturated rings. The van der Waals surface area contributed by atoms with E-state index in [9.17, 15) is 9.59 Å². The number of esters is 1. The Bertz CT molecular complexity index is 1000. The first-order valence-corrected chi connectivity index (χ1v) is 9.25. The Morgan fingerprint density at radius 3 is 2.85 bits per heavy atom. The summed E-state index contributed by atoms with van der Waals surface area (Å²) in [5.41, 5.74) is 0.577. The number of rotatable bonds is 4. The number of aromatic nitrogens is 1. The van der Waals surface area contributed by atoms with Crippen LogP contribution in [0.1, 0.15) is 5.69 Å². The van der Waals surface area contributed by atoms with Gasteiger partial charge in [-0.3, -0.25) is 9.69 Å². The van der Waals surface area contributed by atoms with Crippen molar-refractivity contribution in [2.24, 2.45) is 0 Å². The number of fused-ring (bicyclic) bond motifs is 1. The lowest BCUT2D eigenvalue weighted by atomic mass is 10.1. The summed E-state index contributed by atoms with van der Waals surface area (Å²) < 4.78 is 5.52. The van der Waals surface area contributed by atoms with Gasteiger partial charge in [-0.1, -0.05) is 35.9 Å². The van der Waals surface area contributed by atoms with E-state index in [1.807, 2.05) is 24.3 Å². The SMILES string of the molecule is O=C(Cc1csc(N2CCNC2=O)n1)Oc1ccc(Cl)c2ccccc12. The van der Waals surface area contributed by atoms with Crippen LogP contribution in [-0.2, 0) is 11.2 Å². The van der Waals surface area contributed by atoms with E-state index in [0.717, 1.165) is 10.8 Å². The molecule has 0 radical (unpaired) electrons. The second-order valence-electron chi connectivity index (χ2n) is 5.75. The molecule has 1 aliphatic heterocycles. The molecule has 0 unspecified atom stereocenters. The molecule has 0 atom stereocenters. The average molecular weight is 388 g/mol. The largest absolute Gasteiger partial charge is 0.426 e. The molecule has 1 aliphatic rings. The fourth-order valence-electron chi connectivity index (χ4n) is 2.79. The minimum Gasteiger partial charge on any atom is -0.426 e. The van der Waals surface area contributed by atoms with Crippen LogP contribution in [0.3, 0.4) is 0 Å². The number of anilines is 1. The van der Waals surface area contributed by atoms with E-state index < -0.39 is 5.97 Å². The highest BCUT2D eigenvalue weighted by atomic mass is 35.5. The first kappa shape index (κ1) is 16.8. The molecule has 2 heterocycles. The minimum atomic E-state index is -0.416. The average Bonchev–Trinajstić information content (AvgIpc) is 3.26. The van der Waals surface area contributed by atoms with Gasteiger partial charge in [-0.15, -0.1) is 11.3 Å². The zero-order chi connectivity index (χ0) is 18.1. The van der Waals surface area contributed by atoms with Crippen LogP contribution in [0, 0.1) is 0 Å². The van der Waals surface area contributed by atoms with Gasteiger partial charge in [0.2, 0.25) is 0 Å². The summed E-state index contributed by atoms with van der Waals surface area (Å²) in [5, 5.41) is 7.29. The standard InChI is InChI=1S/C18H14ClN3O3S/c19-14-5-6-15(13-4-2-1-3-12(13)14)25-16(23)9-11-10-26-18(21-11)22-8-7-20-17(22)24/h1-6,10H,7-9H2,(H,20,24). The fraction of sp³-hybridized carbons (Fsp3) is 0.167. The summed E-state index contributed by atoms with van der Waals surface area (Å²) in [6.45, 7) is 1.17. The Morgan fingerprint density at radius 1 is 1.27 bits per heavy atom. The molecule has 0 aliphatic carbocycles. The topological polar surface area (TPSA) is 71.5 Å². The highest BCUT2D eigenvalue weighted by Gasteiger charge is 2.24. The van der Waals surface area contributed by atoms with Crippen molar-refractivity contribution in [2.75, 3.05) is 18.0 Å². The summed E-state index contributed by atoms with van der Waals surface area (Å²) in [4.78, 5) is 29.9. The molecule has 0 bridgehead atoms. The number of amides is 2. The van der Waals surface area contributed by atoms with E-state index in [1.54, 1.807) is 22.4 Å². The number of carbonyl (C=O) groups is 2. The number of nitrogens with one attached hydrogen (secondary N) is 1. The molecule has 3 aromatic rings. The van der Waals surface area contributed by atoms with Gasteiger partial charge in [-0.05, 0) is 12.1 Å². The van der Waals surface area contributed by atoms with Gasteiger partial charge < -0.3 is 10.1 Å². The van der Waals surface area contributed by atoms with Crippen LogP contribution in [0.25, 0.3) is 10.8 Å². The molecule has 1 saturated heterocycles. The third-order valence-corrected chi connectivity index (χ3v) is 5.25. The molecule has 0 spiro atoms. The maximum atomic E-state index is 12.3. The second-order valence-corrected chi connectivity index (χ2v) is 6.99. The third-order valence-electron chi connectivity index (χ3n) is 4.01. The summed E-state index contributed by atoms with van der Waals surface area (Å²) >= 11 is 7.52. The first-order valence-electron chi connectivity index (χ1n) is 7.99. The van der Waals surface area contributed by atoms with Crippen LogP contribution in [0.2, 0.25) is 5.02 Å². The van der Waals surface area contributed by atoms with Crippen molar-refractivity contribution in [2.45, 2.75) is 6.42 Å². The van der Waals surface area contributed by atoms with Gasteiger partial charge in [0.25, 0.3) is 0 Å². The van der Waals surface area contributed by atoms with Crippen LogP contribution in [0.4, 0.5) is 9.93 Å². The van der Waals surface area contributed by atoms with Crippen LogP contribution in [0.5, 0.6) is 5.75 Å². The lowest BCUT2D eigenvalue weighted by Crippen LogP contribution is -2.27. The van der Waals surface area contributed by atoms with Crippen molar-refractivity contribution in [3.63, 3.8) is 0 Å². The van der Waals surface area contributed by atoms with Gasteiger partial charge in [0.1, 0.15) is 5.75 Å². The van der Waals surface area contributed by atoms with Crippen LogP contribution in [0.15, 0.2) is 41.8 Å². The number of ether oxygens (including phenoxy) is 1. The molecule has 2 amide bonds. The van der Waals surface area contributed by atoms with E-state index in [4.69, 9.17) is 16.3 Å². The Hall–Kier alpha value is -2.64. The van der Waals surface area contributed by atoms with Crippen LogP contribution in [-0.4, -0.2) is 30.1 Å². The fourth-order valence-corrected chi connectivity index (χ4v) is 3.86. The molecule has 1 N–H and O–H groups in total. The van der Waals surface area contributed by atoms with Crippen LogP contribution < -0.4 is 15.0 Å². The van der Waals surface area contributed by atoms with Gasteiger partial charge in [0, 0.05) is 34.3 Å². The maximum Gasteiger partial charge on any atom is 0.323 e.